The van der Waals surface area contributed by atoms with Crippen molar-refractivity contribution in [2.24, 2.45) is 0 Å². The second-order valence-electron chi connectivity index (χ2n) is 8.00. The minimum absolute atomic E-state index is 0.0246. The molecule has 33 heavy (non-hydrogen) atoms. The van der Waals surface area contributed by atoms with Crippen molar-refractivity contribution in [3.63, 3.8) is 0 Å². The van der Waals surface area contributed by atoms with E-state index < -0.39 is 6.04 Å². The van der Waals surface area contributed by atoms with Gasteiger partial charge in [0.1, 0.15) is 17.2 Å². The molecule has 0 saturated carbocycles. The molecule has 2 aliphatic rings. The lowest BCUT2D eigenvalue weighted by Gasteiger charge is -2.30. The third kappa shape index (κ3) is 3.86. The van der Waals surface area contributed by atoms with Gasteiger partial charge >= 0.3 is 0 Å². The number of hydrogen-bond acceptors (Lipinski definition) is 9. The summed E-state index contributed by atoms with van der Waals surface area (Å²) < 4.78 is 21.1. The summed E-state index contributed by atoms with van der Waals surface area (Å²) in [5.74, 6) is 2.99. The Morgan fingerprint density at radius 1 is 0.848 bits per heavy atom. The number of hydrogen-bond donors (Lipinski definition) is 2. The van der Waals surface area contributed by atoms with Crippen LogP contribution in [0.2, 0.25) is 0 Å². The third-order valence-electron chi connectivity index (χ3n) is 6.13. The van der Waals surface area contributed by atoms with Gasteiger partial charge in [-0.1, -0.05) is 12.1 Å². The SMILES string of the molecule is COc1ccc([C@@H]2CC(=O)C3=C(C2)Nc2nonc2N[C@H]3c2cc(OC)cc(OC)c2)cc1. The van der Waals surface area contributed by atoms with Crippen LogP contribution in [0.3, 0.4) is 0 Å². The van der Waals surface area contributed by atoms with Gasteiger partial charge in [-0.2, -0.15) is 0 Å². The Kier molecular flexibility index (Phi) is 5.37. The summed E-state index contributed by atoms with van der Waals surface area (Å²) in [4.78, 5) is 13.6. The van der Waals surface area contributed by atoms with Crippen molar-refractivity contribution in [3.8, 4) is 17.2 Å². The smallest absolute Gasteiger partial charge is 0.219 e. The maximum absolute atomic E-state index is 13.6. The molecule has 2 aromatic carbocycles. The number of fused-ring (bicyclic) bond motifs is 1. The third-order valence-corrected chi connectivity index (χ3v) is 6.13. The molecule has 3 aromatic rings. The first kappa shape index (κ1) is 20.9. The van der Waals surface area contributed by atoms with E-state index >= 15 is 0 Å². The van der Waals surface area contributed by atoms with Crippen LogP contribution in [0.4, 0.5) is 11.6 Å². The highest BCUT2D eigenvalue weighted by Gasteiger charge is 2.37. The van der Waals surface area contributed by atoms with Crippen molar-refractivity contribution < 1.29 is 23.6 Å². The summed E-state index contributed by atoms with van der Waals surface area (Å²) in [5, 5.41) is 14.6. The number of ketones is 1. The lowest BCUT2D eigenvalue weighted by atomic mass is 9.78. The van der Waals surface area contributed by atoms with E-state index in [0.717, 1.165) is 22.6 Å². The molecule has 1 aromatic heterocycles. The molecular formula is C24H24N4O5. The first-order valence-corrected chi connectivity index (χ1v) is 10.6. The number of ether oxygens (including phenoxy) is 3. The van der Waals surface area contributed by atoms with E-state index in [4.69, 9.17) is 18.8 Å². The first-order chi connectivity index (χ1) is 16.1. The molecular weight excluding hydrogens is 424 g/mol. The van der Waals surface area contributed by atoms with Gasteiger partial charge in [-0.15, -0.1) is 0 Å². The second-order valence-corrected chi connectivity index (χ2v) is 8.00. The number of methoxy groups -OCH3 is 3. The molecule has 0 fully saturated rings. The average Bonchev–Trinajstić information content (AvgIpc) is 3.22. The zero-order valence-corrected chi connectivity index (χ0v) is 18.5. The summed E-state index contributed by atoms with van der Waals surface area (Å²) in [7, 11) is 4.82. The maximum atomic E-state index is 13.6. The van der Waals surface area contributed by atoms with Crippen LogP contribution in [-0.4, -0.2) is 37.4 Å². The number of nitrogens with one attached hydrogen (secondary N) is 2. The highest BCUT2D eigenvalue weighted by molar-refractivity contribution is 6.00. The molecule has 0 bridgehead atoms. The largest absolute Gasteiger partial charge is 0.497 e. The van der Waals surface area contributed by atoms with Crippen LogP contribution in [-0.2, 0) is 4.79 Å². The highest BCUT2D eigenvalue weighted by atomic mass is 16.6. The Morgan fingerprint density at radius 3 is 2.18 bits per heavy atom. The Hall–Kier alpha value is -4.01. The summed E-state index contributed by atoms with van der Waals surface area (Å²) in [6.07, 6.45) is 1.03. The molecule has 2 heterocycles. The molecule has 2 atom stereocenters. The molecule has 9 nitrogen and oxygen atoms in total. The van der Waals surface area contributed by atoms with Crippen molar-refractivity contribution >= 4 is 17.4 Å². The minimum atomic E-state index is -0.478. The van der Waals surface area contributed by atoms with Crippen LogP contribution in [0.5, 0.6) is 17.2 Å². The summed E-state index contributed by atoms with van der Waals surface area (Å²) >= 11 is 0. The van der Waals surface area contributed by atoms with E-state index in [-0.39, 0.29) is 11.7 Å². The lowest BCUT2D eigenvalue weighted by molar-refractivity contribution is -0.116. The Morgan fingerprint density at radius 2 is 1.52 bits per heavy atom. The van der Waals surface area contributed by atoms with Crippen LogP contribution in [0, 0.1) is 0 Å². The van der Waals surface area contributed by atoms with Gasteiger partial charge in [0.25, 0.3) is 0 Å². The van der Waals surface area contributed by atoms with E-state index in [1.54, 1.807) is 27.4 Å². The van der Waals surface area contributed by atoms with Gasteiger partial charge in [0.15, 0.2) is 5.78 Å². The molecule has 0 radical (unpaired) electrons. The molecule has 0 unspecified atom stereocenters. The summed E-state index contributed by atoms with van der Waals surface area (Å²) in [6.45, 7) is 0. The van der Waals surface area contributed by atoms with Gasteiger partial charge in [-0.25, -0.2) is 4.63 Å². The standard InChI is InChI=1S/C24H24N4O5/c1-30-16-6-4-13(5-7-16)14-10-19-21(20(29)11-14)22(26-24-23(25-19)27-33-28-24)15-8-17(31-2)12-18(9-15)32-3/h4-9,12,14,22H,10-11H2,1-3H3,(H,25,27)(H,26,28)/t14-,22-/m0/s1. The fraction of sp³-hybridized carbons (Fsp3) is 0.292. The van der Waals surface area contributed by atoms with Gasteiger partial charge in [-0.3, -0.25) is 4.79 Å². The van der Waals surface area contributed by atoms with Gasteiger partial charge in [0.05, 0.1) is 27.4 Å². The summed E-state index contributed by atoms with van der Waals surface area (Å²) in [6, 6.07) is 12.9. The van der Waals surface area contributed by atoms with Crippen LogP contribution < -0.4 is 24.8 Å². The van der Waals surface area contributed by atoms with E-state index in [1.165, 1.54) is 0 Å². The second kappa shape index (κ2) is 8.50. The van der Waals surface area contributed by atoms with Gasteiger partial charge in [0, 0.05) is 23.8 Å². The first-order valence-electron chi connectivity index (χ1n) is 10.6. The topological polar surface area (TPSA) is 108 Å². The van der Waals surface area contributed by atoms with Crippen LogP contribution in [0.1, 0.15) is 35.9 Å². The normalized spacial score (nSPS) is 19.5. The predicted molar refractivity (Wildman–Crippen MR) is 121 cm³/mol. The van der Waals surface area contributed by atoms with E-state index in [9.17, 15) is 4.79 Å². The molecule has 0 spiro atoms. The van der Waals surface area contributed by atoms with Crippen molar-refractivity contribution in [1.82, 2.24) is 10.3 Å². The van der Waals surface area contributed by atoms with Gasteiger partial charge in [-0.05, 0) is 58.0 Å². The van der Waals surface area contributed by atoms with Crippen molar-refractivity contribution in [2.75, 3.05) is 32.0 Å². The zero-order chi connectivity index (χ0) is 22.9. The Bertz CT molecular complexity index is 1200. The van der Waals surface area contributed by atoms with E-state index in [1.807, 2.05) is 36.4 Å². The van der Waals surface area contributed by atoms with Crippen molar-refractivity contribution in [1.29, 1.82) is 0 Å². The van der Waals surface area contributed by atoms with Crippen LogP contribution in [0.25, 0.3) is 0 Å². The van der Waals surface area contributed by atoms with Crippen LogP contribution >= 0.6 is 0 Å². The number of nitrogens with zero attached hydrogens (tertiary/aromatic N) is 2. The fourth-order valence-corrected chi connectivity index (χ4v) is 4.46. The number of Topliss-reactive ketones (excluding diaryl/α,β-unsaturated/α-hetero) is 1. The number of allylic oxidation sites excluding steroid dienone is 1. The number of carbonyl (C=O) groups is 1. The van der Waals surface area contributed by atoms with Gasteiger partial charge < -0.3 is 24.8 Å². The van der Waals surface area contributed by atoms with E-state index in [2.05, 4.69) is 20.9 Å². The average molecular weight is 448 g/mol. The Labute approximate surface area is 190 Å². The predicted octanol–water partition coefficient (Wildman–Crippen LogP) is 4.07. The summed E-state index contributed by atoms with van der Waals surface area (Å²) in [5.41, 5.74) is 3.33. The molecule has 2 N–H and O–H groups in total. The molecule has 1 aliphatic carbocycles. The maximum Gasteiger partial charge on any atom is 0.219 e. The molecule has 5 rings (SSSR count). The lowest BCUT2D eigenvalue weighted by Crippen LogP contribution is -2.27. The van der Waals surface area contributed by atoms with Crippen molar-refractivity contribution in [2.45, 2.75) is 24.8 Å². The molecule has 1 aliphatic heterocycles. The number of carbonyl (C=O) groups excluding carboxylic acids is 1. The quantitative estimate of drug-likeness (QED) is 0.597. The van der Waals surface area contributed by atoms with Crippen LogP contribution in [0.15, 0.2) is 58.4 Å². The fourth-order valence-electron chi connectivity index (χ4n) is 4.46. The number of benzene rings is 2. The number of rotatable bonds is 5. The Balaban J connectivity index is 1.58. The number of anilines is 2. The molecule has 0 saturated heterocycles. The van der Waals surface area contributed by atoms with Crippen molar-refractivity contribution in [3.05, 3.63) is 64.9 Å². The minimum Gasteiger partial charge on any atom is -0.497 e. The van der Waals surface area contributed by atoms with E-state index in [0.29, 0.717) is 41.5 Å². The molecule has 170 valence electrons. The molecule has 0 amide bonds. The zero-order valence-electron chi connectivity index (χ0n) is 18.5. The number of aromatic nitrogens is 2. The monoisotopic (exact) mass is 448 g/mol. The highest BCUT2D eigenvalue weighted by Crippen LogP contribution is 2.44. The van der Waals surface area contributed by atoms with Gasteiger partial charge in [0.2, 0.25) is 11.6 Å². The molecule has 9 heteroatoms.